The molecule has 26 heavy (non-hydrogen) atoms. The van der Waals surface area contributed by atoms with Crippen molar-refractivity contribution in [2.45, 2.75) is 27.0 Å². The topological polar surface area (TPSA) is 129 Å². The van der Waals surface area contributed by atoms with Gasteiger partial charge in [-0.3, -0.25) is 0 Å². The molecule has 0 aliphatic heterocycles. The third kappa shape index (κ3) is 3.77. The summed E-state index contributed by atoms with van der Waals surface area (Å²) in [6.45, 7) is 3.96. The minimum Gasteiger partial charge on any atom is -0.508 e. The highest BCUT2D eigenvalue weighted by molar-refractivity contribution is 5.89. The molecule has 9 heteroatoms. The molecule has 9 nitrogen and oxygen atoms in total. The second-order valence-corrected chi connectivity index (χ2v) is 5.73. The van der Waals surface area contributed by atoms with E-state index in [-0.39, 0.29) is 12.4 Å². The van der Waals surface area contributed by atoms with Crippen molar-refractivity contribution in [1.82, 2.24) is 25.0 Å². The molecule has 0 aliphatic rings. The number of aryl methyl sites for hydroxylation is 1. The number of nitrogens with two attached hydrogens (primary N) is 1. The first-order valence-corrected chi connectivity index (χ1v) is 7.87. The van der Waals surface area contributed by atoms with Gasteiger partial charge in [0.05, 0.1) is 17.8 Å². The van der Waals surface area contributed by atoms with Crippen LogP contribution in [-0.2, 0) is 17.9 Å². The number of aromatic nitrogens is 5. The predicted molar refractivity (Wildman–Crippen MR) is 92.3 cm³/mol. The third-order valence-electron chi connectivity index (χ3n) is 3.86. The van der Waals surface area contributed by atoms with Crippen molar-refractivity contribution in [3.05, 3.63) is 58.8 Å². The molecule has 0 amide bonds. The second-order valence-electron chi connectivity index (χ2n) is 5.73. The zero-order valence-electron chi connectivity index (χ0n) is 14.4. The molecule has 2 aromatic heterocycles. The van der Waals surface area contributed by atoms with E-state index in [4.69, 9.17) is 10.5 Å². The first-order valence-electron chi connectivity index (χ1n) is 7.87. The first kappa shape index (κ1) is 17.3. The molecule has 0 bridgehead atoms. The minimum atomic E-state index is -0.505. The van der Waals surface area contributed by atoms with Gasteiger partial charge in [-0.25, -0.2) is 19.4 Å². The average molecular weight is 354 g/mol. The number of rotatable bonds is 5. The van der Waals surface area contributed by atoms with E-state index in [2.05, 4.69) is 20.3 Å². The number of carbonyl (C=O) groups is 1. The first-order chi connectivity index (χ1) is 12.4. The molecular formula is C17H18N6O3. The Kier molecular flexibility index (Phi) is 4.78. The van der Waals surface area contributed by atoms with E-state index in [1.54, 1.807) is 17.8 Å². The number of anilines is 1. The molecule has 0 spiro atoms. The number of ether oxygens (including phenoxy) is 1. The SMILES string of the molecule is Cc1ncc(Cn2nnc(COC(=O)c3ccc(O)cc3)c2C)c(N)n1. The number of hydrogen-bond donors (Lipinski definition) is 2. The van der Waals surface area contributed by atoms with E-state index in [0.717, 1.165) is 11.3 Å². The van der Waals surface area contributed by atoms with Crippen molar-refractivity contribution < 1.29 is 14.6 Å². The summed E-state index contributed by atoms with van der Waals surface area (Å²) in [5.74, 6) is 0.575. The van der Waals surface area contributed by atoms with Crippen LogP contribution < -0.4 is 5.73 Å². The summed E-state index contributed by atoms with van der Waals surface area (Å²) >= 11 is 0. The number of nitrogens with zero attached hydrogens (tertiary/aromatic N) is 5. The molecule has 0 saturated heterocycles. The number of nitrogen functional groups attached to an aromatic ring is 1. The van der Waals surface area contributed by atoms with Crippen LogP contribution in [0.5, 0.6) is 5.75 Å². The van der Waals surface area contributed by atoms with E-state index < -0.39 is 5.97 Å². The van der Waals surface area contributed by atoms with Crippen molar-refractivity contribution in [3.8, 4) is 5.75 Å². The highest BCUT2D eigenvalue weighted by Gasteiger charge is 2.14. The Bertz CT molecular complexity index is 936. The van der Waals surface area contributed by atoms with Gasteiger partial charge in [0.2, 0.25) is 0 Å². The fourth-order valence-corrected chi connectivity index (χ4v) is 2.29. The van der Waals surface area contributed by atoms with E-state index in [1.165, 1.54) is 24.3 Å². The fraction of sp³-hybridized carbons (Fsp3) is 0.235. The van der Waals surface area contributed by atoms with Crippen LogP contribution in [0.1, 0.15) is 33.1 Å². The number of carbonyl (C=O) groups excluding carboxylic acids is 1. The Morgan fingerprint density at radius 1 is 1.27 bits per heavy atom. The lowest BCUT2D eigenvalue weighted by Crippen LogP contribution is -2.10. The quantitative estimate of drug-likeness (QED) is 0.657. The number of esters is 1. The summed E-state index contributed by atoms with van der Waals surface area (Å²) in [4.78, 5) is 20.3. The lowest BCUT2D eigenvalue weighted by Gasteiger charge is -2.07. The maximum atomic E-state index is 12.0. The van der Waals surface area contributed by atoms with Gasteiger partial charge in [0.15, 0.2) is 0 Å². The molecule has 3 aromatic rings. The van der Waals surface area contributed by atoms with Crippen LogP contribution in [0.25, 0.3) is 0 Å². The van der Waals surface area contributed by atoms with E-state index >= 15 is 0 Å². The van der Waals surface area contributed by atoms with Gasteiger partial charge in [0.25, 0.3) is 0 Å². The Hall–Kier alpha value is -3.49. The monoisotopic (exact) mass is 354 g/mol. The van der Waals surface area contributed by atoms with Gasteiger partial charge in [0.1, 0.15) is 29.7 Å². The lowest BCUT2D eigenvalue weighted by molar-refractivity contribution is 0.0467. The summed E-state index contributed by atoms with van der Waals surface area (Å²) in [6.07, 6.45) is 1.66. The Morgan fingerprint density at radius 2 is 2.00 bits per heavy atom. The lowest BCUT2D eigenvalue weighted by atomic mass is 10.2. The maximum Gasteiger partial charge on any atom is 0.338 e. The Labute approximate surface area is 149 Å². The molecule has 3 N–H and O–H groups in total. The van der Waals surface area contributed by atoms with E-state index in [0.29, 0.717) is 29.4 Å². The molecule has 0 atom stereocenters. The van der Waals surface area contributed by atoms with Crippen LogP contribution >= 0.6 is 0 Å². The van der Waals surface area contributed by atoms with Crippen LogP contribution in [0, 0.1) is 13.8 Å². The molecule has 0 aliphatic carbocycles. The highest BCUT2D eigenvalue weighted by Crippen LogP contribution is 2.14. The number of benzene rings is 1. The molecule has 0 radical (unpaired) electrons. The number of aromatic hydroxyl groups is 1. The van der Waals surface area contributed by atoms with Crippen LogP contribution in [0.4, 0.5) is 5.82 Å². The van der Waals surface area contributed by atoms with Gasteiger partial charge in [-0.15, -0.1) is 5.10 Å². The zero-order valence-corrected chi connectivity index (χ0v) is 14.4. The molecular weight excluding hydrogens is 336 g/mol. The highest BCUT2D eigenvalue weighted by atomic mass is 16.5. The van der Waals surface area contributed by atoms with Crippen LogP contribution in [0.15, 0.2) is 30.5 Å². The Balaban J connectivity index is 1.67. The third-order valence-corrected chi connectivity index (χ3v) is 3.86. The van der Waals surface area contributed by atoms with Gasteiger partial charge >= 0.3 is 5.97 Å². The van der Waals surface area contributed by atoms with Crippen LogP contribution in [0.3, 0.4) is 0 Å². The van der Waals surface area contributed by atoms with Crippen molar-refractivity contribution >= 4 is 11.8 Å². The van der Waals surface area contributed by atoms with Crippen molar-refractivity contribution in [3.63, 3.8) is 0 Å². The normalized spacial score (nSPS) is 10.7. The van der Waals surface area contributed by atoms with Crippen molar-refractivity contribution in [2.75, 3.05) is 5.73 Å². The molecule has 2 heterocycles. The predicted octanol–water partition coefficient (Wildman–Crippen LogP) is 1.38. The van der Waals surface area contributed by atoms with Crippen molar-refractivity contribution in [1.29, 1.82) is 0 Å². The summed E-state index contributed by atoms with van der Waals surface area (Å²) in [6, 6.07) is 5.82. The van der Waals surface area contributed by atoms with Gasteiger partial charge < -0.3 is 15.6 Å². The Morgan fingerprint density at radius 3 is 2.69 bits per heavy atom. The summed E-state index contributed by atoms with van der Waals surface area (Å²) in [7, 11) is 0. The second kappa shape index (κ2) is 7.18. The smallest absolute Gasteiger partial charge is 0.338 e. The van der Waals surface area contributed by atoms with Crippen LogP contribution in [-0.4, -0.2) is 36.0 Å². The van der Waals surface area contributed by atoms with Gasteiger partial charge in [-0.1, -0.05) is 5.21 Å². The molecule has 0 saturated carbocycles. The molecule has 134 valence electrons. The summed E-state index contributed by atoms with van der Waals surface area (Å²) in [5.41, 5.74) is 8.28. The number of hydrogen-bond acceptors (Lipinski definition) is 8. The van der Waals surface area contributed by atoms with Gasteiger partial charge in [-0.2, -0.15) is 0 Å². The minimum absolute atomic E-state index is 0.00851. The summed E-state index contributed by atoms with van der Waals surface area (Å²) < 4.78 is 6.90. The summed E-state index contributed by atoms with van der Waals surface area (Å²) in [5, 5.41) is 17.4. The van der Waals surface area contributed by atoms with Crippen molar-refractivity contribution in [2.24, 2.45) is 0 Å². The zero-order chi connectivity index (χ0) is 18.7. The largest absolute Gasteiger partial charge is 0.508 e. The number of phenolic OH excluding ortho intramolecular Hbond substituents is 1. The van der Waals surface area contributed by atoms with E-state index in [9.17, 15) is 9.90 Å². The molecule has 0 unspecified atom stereocenters. The van der Waals surface area contributed by atoms with Gasteiger partial charge in [0, 0.05) is 11.8 Å². The fourth-order valence-electron chi connectivity index (χ4n) is 2.29. The molecule has 3 rings (SSSR count). The standard InChI is InChI=1S/C17H18N6O3/c1-10-15(9-26-17(25)12-3-5-14(24)6-4-12)21-22-23(10)8-13-7-19-11(2)20-16(13)18/h3-7,24H,8-9H2,1-2H3,(H2,18,19,20). The van der Waals surface area contributed by atoms with Gasteiger partial charge in [-0.05, 0) is 38.1 Å². The van der Waals surface area contributed by atoms with E-state index in [1.807, 2.05) is 6.92 Å². The number of phenols is 1. The average Bonchev–Trinajstić information content (AvgIpc) is 2.96. The maximum absolute atomic E-state index is 12.0. The van der Waals surface area contributed by atoms with Crippen LogP contribution in [0.2, 0.25) is 0 Å². The molecule has 1 aromatic carbocycles. The molecule has 0 fully saturated rings.